The summed E-state index contributed by atoms with van der Waals surface area (Å²) in [6, 6.07) is 20.5. The Morgan fingerprint density at radius 3 is 2.60 bits per heavy atom. The van der Waals surface area contributed by atoms with Gasteiger partial charge in [0.15, 0.2) is 0 Å². The van der Waals surface area contributed by atoms with Crippen LogP contribution in [0.5, 0.6) is 5.75 Å². The van der Waals surface area contributed by atoms with E-state index in [1.807, 2.05) is 53.1 Å². The number of nitrogens with zero attached hydrogens (tertiary/aromatic N) is 5. The topological polar surface area (TPSA) is 144 Å². The normalized spacial score (nSPS) is 16.5. The second kappa shape index (κ2) is 15.7. The van der Waals surface area contributed by atoms with Crippen LogP contribution in [0, 0.1) is 0 Å². The molecule has 1 aromatic heterocycles. The molecule has 47 heavy (non-hydrogen) atoms. The first-order valence-electron chi connectivity index (χ1n) is 15.5. The highest BCUT2D eigenvalue weighted by atomic mass is 16.3. The fourth-order valence-corrected chi connectivity index (χ4v) is 5.73. The fourth-order valence-electron chi connectivity index (χ4n) is 5.73. The maximum Gasteiger partial charge on any atom is 0.316 e. The number of amides is 4. The highest BCUT2D eigenvalue weighted by molar-refractivity contribution is 5.91. The molecule has 1 saturated heterocycles. The van der Waals surface area contributed by atoms with Gasteiger partial charge in [-0.25, -0.2) is 9.78 Å². The second-order valence-corrected chi connectivity index (χ2v) is 11.3. The third kappa shape index (κ3) is 8.22. The molecule has 1 aliphatic heterocycles. The van der Waals surface area contributed by atoms with Crippen molar-refractivity contribution >= 4 is 35.1 Å². The Hall–Kier alpha value is -5.49. The van der Waals surface area contributed by atoms with Gasteiger partial charge >= 0.3 is 6.03 Å². The molecule has 0 spiro atoms. The molecule has 2 unspecified atom stereocenters. The number of phenolic OH excluding ortho intramolecular Hbond substituents is 1. The molecule has 2 heterocycles. The lowest BCUT2D eigenvalue weighted by Gasteiger charge is -2.46. The molecule has 244 valence electrons. The summed E-state index contributed by atoms with van der Waals surface area (Å²) in [5, 5.41) is 18.7. The number of aromatic hydroxyl groups is 1. The van der Waals surface area contributed by atoms with E-state index in [2.05, 4.69) is 32.5 Å². The number of phenols is 1. The third-order valence-corrected chi connectivity index (χ3v) is 8.03. The van der Waals surface area contributed by atoms with E-state index in [4.69, 9.17) is 0 Å². The molecule has 12 heteroatoms. The molecule has 0 radical (unpaired) electrons. The van der Waals surface area contributed by atoms with E-state index in [0.29, 0.717) is 19.6 Å². The van der Waals surface area contributed by atoms with Crippen LogP contribution in [0.4, 0.5) is 4.79 Å². The first-order valence-corrected chi connectivity index (χ1v) is 15.5. The number of carbonyl (C=O) groups excluding carboxylic acids is 3. The fraction of sp³-hybridized carbons (Fsp3) is 0.286. The van der Waals surface area contributed by atoms with Gasteiger partial charge < -0.3 is 35.4 Å². The summed E-state index contributed by atoms with van der Waals surface area (Å²) in [4.78, 5) is 53.3. The van der Waals surface area contributed by atoms with Crippen LogP contribution in [0.3, 0.4) is 0 Å². The van der Waals surface area contributed by atoms with E-state index >= 15 is 0 Å². The lowest BCUT2D eigenvalue weighted by Crippen LogP contribution is -2.69. The van der Waals surface area contributed by atoms with Crippen LogP contribution < -0.4 is 16.0 Å². The van der Waals surface area contributed by atoms with Crippen LogP contribution in [-0.4, -0.2) is 87.4 Å². The first-order chi connectivity index (χ1) is 22.9. The molecule has 2 atom stereocenters. The number of rotatable bonds is 13. The van der Waals surface area contributed by atoms with Gasteiger partial charge in [0.1, 0.15) is 18.0 Å². The molecule has 1 aliphatic rings. The number of imidazole rings is 1. The van der Waals surface area contributed by atoms with Gasteiger partial charge in [0, 0.05) is 39.3 Å². The predicted octanol–water partition coefficient (Wildman–Crippen LogP) is 2.83. The number of urea groups is 1. The van der Waals surface area contributed by atoms with Gasteiger partial charge in [-0.15, -0.1) is 6.58 Å². The van der Waals surface area contributed by atoms with Crippen LogP contribution in [0.1, 0.15) is 16.7 Å². The van der Waals surface area contributed by atoms with Crippen molar-refractivity contribution in [2.45, 2.75) is 38.3 Å². The number of nitrogens with one attached hydrogen (secondary N) is 3. The number of hydrogen-bond donors (Lipinski definition) is 4. The number of aromatic nitrogens is 2. The average Bonchev–Trinajstić information content (AvgIpc) is 3.50. The van der Waals surface area contributed by atoms with Crippen molar-refractivity contribution < 1.29 is 19.5 Å². The largest absolute Gasteiger partial charge is 0.508 e. The molecule has 1 fully saturated rings. The number of aliphatic imine (C=N–C) groups is 1. The van der Waals surface area contributed by atoms with Crippen molar-refractivity contribution in [2.24, 2.45) is 4.99 Å². The summed E-state index contributed by atoms with van der Waals surface area (Å²) < 4.78 is 1.98. The van der Waals surface area contributed by atoms with Gasteiger partial charge in [0.05, 0.1) is 37.0 Å². The zero-order valence-corrected chi connectivity index (χ0v) is 26.4. The van der Waals surface area contributed by atoms with Crippen LogP contribution in [0.2, 0.25) is 0 Å². The number of fused-ring (bicyclic) bond motifs is 1. The van der Waals surface area contributed by atoms with Crippen molar-refractivity contribution in [1.82, 2.24) is 35.3 Å². The zero-order chi connectivity index (χ0) is 33.2. The van der Waals surface area contributed by atoms with Crippen molar-refractivity contribution in [1.29, 1.82) is 0 Å². The van der Waals surface area contributed by atoms with Gasteiger partial charge in [0.2, 0.25) is 11.8 Å². The Morgan fingerprint density at radius 2 is 1.85 bits per heavy atom. The van der Waals surface area contributed by atoms with Crippen molar-refractivity contribution in [3.05, 3.63) is 108 Å². The predicted molar refractivity (Wildman–Crippen MR) is 181 cm³/mol. The molecule has 0 saturated carbocycles. The van der Waals surface area contributed by atoms with Gasteiger partial charge in [0.25, 0.3) is 0 Å². The molecular formula is C35H40N8O4. The quantitative estimate of drug-likeness (QED) is 0.101. The maximum atomic E-state index is 14.3. The molecule has 4 aromatic rings. The SMILES string of the molecule is C=CCNCC(=O)N1C(NC(=O)NCc2ccccc2)CN(Cc2cccc3c2ncn3CC=NC)C(=O)C1Cc1ccc(O)cc1. The maximum absolute atomic E-state index is 14.3. The Labute approximate surface area is 273 Å². The van der Waals surface area contributed by atoms with Crippen molar-refractivity contribution in [2.75, 3.05) is 26.7 Å². The van der Waals surface area contributed by atoms with Gasteiger partial charge in [-0.2, -0.15) is 0 Å². The summed E-state index contributed by atoms with van der Waals surface area (Å²) in [5.74, 6) is -0.498. The Morgan fingerprint density at radius 1 is 1.06 bits per heavy atom. The number of piperazine rings is 1. The van der Waals surface area contributed by atoms with Crippen molar-refractivity contribution in [3.63, 3.8) is 0 Å². The van der Waals surface area contributed by atoms with Crippen LogP contribution in [0.25, 0.3) is 11.0 Å². The molecule has 4 amide bonds. The molecule has 0 aliphatic carbocycles. The second-order valence-electron chi connectivity index (χ2n) is 11.3. The Kier molecular flexibility index (Phi) is 11.0. The number of para-hydroxylation sites is 1. The summed E-state index contributed by atoms with van der Waals surface area (Å²) in [6.45, 7) is 5.20. The molecular weight excluding hydrogens is 596 g/mol. The number of hydrogen-bond acceptors (Lipinski definition) is 7. The highest BCUT2D eigenvalue weighted by Gasteiger charge is 2.43. The molecule has 5 rings (SSSR count). The summed E-state index contributed by atoms with van der Waals surface area (Å²) >= 11 is 0. The minimum Gasteiger partial charge on any atom is -0.508 e. The minimum absolute atomic E-state index is 0.0486. The Bertz CT molecular complexity index is 1720. The lowest BCUT2D eigenvalue weighted by atomic mass is 9.99. The highest BCUT2D eigenvalue weighted by Crippen LogP contribution is 2.25. The number of carbonyl (C=O) groups is 3. The van der Waals surface area contributed by atoms with Crippen molar-refractivity contribution in [3.8, 4) is 5.75 Å². The average molecular weight is 637 g/mol. The van der Waals surface area contributed by atoms with Crippen LogP contribution in [0.15, 0.2) is 96.8 Å². The van der Waals surface area contributed by atoms with E-state index in [1.54, 1.807) is 54.8 Å². The van der Waals surface area contributed by atoms with Gasteiger partial charge in [-0.1, -0.05) is 60.7 Å². The van der Waals surface area contributed by atoms with E-state index in [9.17, 15) is 19.5 Å². The smallest absolute Gasteiger partial charge is 0.316 e. The van der Waals surface area contributed by atoms with E-state index in [1.165, 1.54) is 4.90 Å². The Balaban J connectivity index is 1.46. The molecule has 3 aromatic carbocycles. The number of benzene rings is 3. The molecule has 12 nitrogen and oxygen atoms in total. The van der Waals surface area contributed by atoms with E-state index in [0.717, 1.165) is 27.7 Å². The standard InChI is InChI=1S/C35H40N8O4/c1-3-16-37-21-32(45)43-30(19-25-12-14-28(44)15-13-25)34(46)42(23-31(43)40-35(47)38-20-26-8-5-4-6-9-26)22-27-10-7-11-29-33(27)39-24-41(29)18-17-36-2/h3-15,17,24,30-31,37,44H,1,16,18-23H2,2H3,(H2,38,40,47). The molecule has 0 bridgehead atoms. The van der Waals surface area contributed by atoms with Crippen LogP contribution >= 0.6 is 0 Å². The minimum atomic E-state index is -0.928. The summed E-state index contributed by atoms with van der Waals surface area (Å²) in [5.41, 5.74) is 4.19. The summed E-state index contributed by atoms with van der Waals surface area (Å²) in [7, 11) is 1.72. The van der Waals surface area contributed by atoms with Gasteiger partial charge in [-0.3, -0.25) is 14.6 Å². The van der Waals surface area contributed by atoms with Crippen LogP contribution in [-0.2, 0) is 35.6 Å². The van der Waals surface area contributed by atoms with E-state index < -0.39 is 18.2 Å². The summed E-state index contributed by atoms with van der Waals surface area (Å²) in [6.07, 6.45) is 4.54. The van der Waals surface area contributed by atoms with E-state index in [-0.39, 0.29) is 43.6 Å². The molecule has 4 N–H and O–H groups in total. The lowest BCUT2D eigenvalue weighted by molar-refractivity contribution is -0.156. The van der Waals surface area contributed by atoms with Gasteiger partial charge in [-0.05, 0) is 34.9 Å². The zero-order valence-electron chi connectivity index (χ0n) is 26.4. The monoisotopic (exact) mass is 636 g/mol. The first kappa shape index (κ1) is 32.9. The third-order valence-electron chi connectivity index (χ3n) is 8.03.